The molecule has 1 aromatic carbocycles. The highest BCUT2D eigenvalue weighted by Crippen LogP contribution is 2.31. The van der Waals surface area contributed by atoms with E-state index in [9.17, 15) is 0 Å². The third-order valence-electron chi connectivity index (χ3n) is 2.41. The Hall–Kier alpha value is -0.890. The minimum Gasteiger partial charge on any atom is -0.361 e. The molecule has 68 valence electrons. The molecular formula is C11H13NS. The van der Waals surface area contributed by atoms with E-state index in [1.807, 2.05) is 11.8 Å². The monoisotopic (exact) mass is 191 g/mol. The van der Waals surface area contributed by atoms with E-state index in [2.05, 4.69) is 48.6 Å². The molecule has 1 heterocycles. The van der Waals surface area contributed by atoms with Crippen molar-refractivity contribution in [2.45, 2.75) is 12.2 Å². The fourth-order valence-electron chi connectivity index (χ4n) is 1.56. The number of para-hydroxylation sites is 1. The smallest absolute Gasteiger partial charge is 0.0457 e. The number of benzene rings is 1. The minimum absolute atomic E-state index is 0.566. The highest BCUT2D eigenvalue weighted by molar-refractivity contribution is 7.98. The fraction of sp³-hybridized carbons (Fsp3) is 0.273. The summed E-state index contributed by atoms with van der Waals surface area (Å²) >= 11 is 1.88. The molecule has 0 spiro atoms. The summed E-state index contributed by atoms with van der Waals surface area (Å²) in [7, 11) is 0. The molecule has 0 radical (unpaired) electrons. The molecule has 2 rings (SSSR count). The molecule has 13 heavy (non-hydrogen) atoms. The van der Waals surface area contributed by atoms with Crippen molar-refractivity contribution in [1.82, 2.24) is 4.98 Å². The summed E-state index contributed by atoms with van der Waals surface area (Å²) in [6.45, 7) is 2.24. The predicted octanol–water partition coefficient (Wildman–Crippen LogP) is 3.59. The third-order valence-corrected chi connectivity index (χ3v) is 3.37. The summed E-state index contributed by atoms with van der Waals surface area (Å²) in [4.78, 5) is 3.29. The van der Waals surface area contributed by atoms with Gasteiger partial charge in [-0.2, -0.15) is 11.8 Å². The van der Waals surface area contributed by atoms with E-state index in [4.69, 9.17) is 0 Å². The van der Waals surface area contributed by atoms with Crippen LogP contribution in [0.4, 0.5) is 0 Å². The normalized spacial score (nSPS) is 13.4. The molecule has 1 aromatic heterocycles. The van der Waals surface area contributed by atoms with E-state index in [0.29, 0.717) is 5.25 Å². The van der Waals surface area contributed by atoms with E-state index < -0.39 is 0 Å². The molecule has 0 aliphatic heterocycles. The number of aromatic nitrogens is 1. The van der Waals surface area contributed by atoms with Crippen LogP contribution in [0.15, 0.2) is 30.5 Å². The number of hydrogen-bond donors (Lipinski definition) is 1. The van der Waals surface area contributed by atoms with E-state index >= 15 is 0 Å². The van der Waals surface area contributed by atoms with Gasteiger partial charge in [-0.05, 0) is 24.8 Å². The number of aromatic amines is 1. The molecule has 0 fully saturated rings. The lowest BCUT2D eigenvalue weighted by atomic mass is 10.1. The molecule has 1 nitrogen and oxygen atoms in total. The lowest BCUT2D eigenvalue weighted by molar-refractivity contribution is 1.12. The number of fused-ring (bicyclic) bond motifs is 1. The fourth-order valence-corrected chi connectivity index (χ4v) is 2.01. The first-order valence-electron chi connectivity index (χ1n) is 4.41. The minimum atomic E-state index is 0.566. The van der Waals surface area contributed by atoms with Crippen LogP contribution in [0.25, 0.3) is 10.9 Å². The number of nitrogens with one attached hydrogen (secondary N) is 1. The van der Waals surface area contributed by atoms with Crippen LogP contribution in [0.3, 0.4) is 0 Å². The van der Waals surface area contributed by atoms with Crippen LogP contribution in [0.5, 0.6) is 0 Å². The Morgan fingerprint density at radius 2 is 2.08 bits per heavy atom. The quantitative estimate of drug-likeness (QED) is 0.767. The average molecular weight is 191 g/mol. The van der Waals surface area contributed by atoms with Gasteiger partial charge >= 0.3 is 0 Å². The topological polar surface area (TPSA) is 15.8 Å². The standard InChI is InChI=1S/C11H13NS/c1-8(13-2)10-7-12-11-6-4-3-5-9(10)11/h3-8,12H,1-2H3/t8-/m1/s1. The summed E-state index contributed by atoms with van der Waals surface area (Å²) in [5.74, 6) is 0. The van der Waals surface area contributed by atoms with Crippen LogP contribution >= 0.6 is 11.8 Å². The van der Waals surface area contributed by atoms with Crippen molar-refractivity contribution in [2.75, 3.05) is 6.26 Å². The second-order valence-electron chi connectivity index (χ2n) is 3.17. The Kier molecular flexibility index (Phi) is 2.32. The molecule has 0 aliphatic carbocycles. The Morgan fingerprint density at radius 1 is 1.31 bits per heavy atom. The summed E-state index contributed by atoms with van der Waals surface area (Å²) in [6, 6.07) is 8.44. The van der Waals surface area contributed by atoms with Crippen molar-refractivity contribution in [3.63, 3.8) is 0 Å². The van der Waals surface area contributed by atoms with Crippen LogP contribution in [-0.2, 0) is 0 Å². The Balaban J connectivity index is 2.57. The zero-order valence-corrected chi connectivity index (χ0v) is 8.69. The van der Waals surface area contributed by atoms with Gasteiger partial charge < -0.3 is 4.98 Å². The Bertz CT molecular complexity index is 405. The molecule has 0 unspecified atom stereocenters. The van der Waals surface area contributed by atoms with Crippen molar-refractivity contribution >= 4 is 22.7 Å². The van der Waals surface area contributed by atoms with Crippen LogP contribution in [0.2, 0.25) is 0 Å². The highest BCUT2D eigenvalue weighted by Gasteiger charge is 2.08. The highest BCUT2D eigenvalue weighted by atomic mass is 32.2. The van der Waals surface area contributed by atoms with Crippen LogP contribution in [-0.4, -0.2) is 11.2 Å². The summed E-state index contributed by atoms with van der Waals surface area (Å²) in [5, 5.41) is 1.92. The lowest BCUT2D eigenvalue weighted by Gasteiger charge is -2.05. The molecule has 0 amide bonds. The Labute approximate surface area is 82.5 Å². The van der Waals surface area contributed by atoms with Crippen LogP contribution in [0, 0.1) is 0 Å². The van der Waals surface area contributed by atoms with Gasteiger partial charge in [0.15, 0.2) is 0 Å². The number of rotatable bonds is 2. The first-order chi connectivity index (χ1) is 6.33. The van der Waals surface area contributed by atoms with E-state index in [1.165, 1.54) is 16.5 Å². The SMILES string of the molecule is CS[C@H](C)c1c[nH]c2ccccc12. The van der Waals surface area contributed by atoms with Crippen molar-refractivity contribution in [1.29, 1.82) is 0 Å². The second kappa shape index (κ2) is 3.46. The predicted molar refractivity (Wildman–Crippen MR) is 60.2 cm³/mol. The van der Waals surface area contributed by atoms with Crippen LogP contribution in [0.1, 0.15) is 17.7 Å². The van der Waals surface area contributed by atoms with E-state index in [-0.39, 0.29) is 0 Å². The molecule has 0 bridgehead atoms. The van der Waals surface area contributed by atoms with E-state index in [0.717, 1.165) is 0 Å². The Morgan fingerprint density at radius 3 is 2.85 bits per heavy atom. The molecule has 2 aromatic rings. The van der Waals surface area contributed by atoms with Gasteiger partial charge in [-0.1, -0.05) is 18.2 Å². The molecule has 1 N–H and O–H groups in total. The molecule has 0 saturated heterocycles. The summed E-state index contributed by atoms with van der Waals surface area (Å²) in [5.41, 5.74) is 2.64. The molecule has 1 atom stereocenters. The van der Waals surface area contributed by atoms with Gasteiger partial charge in [0.1, 0.15) is 0 Å². The number of hydrogen-bond acceptors (Lipinski definition) is 1. The van der Waals surface area contributed by atoms with Crippen molar-refractivity contribution < 1.29 is 0 Å². The zero-order valence-electron chi connectivity index (χ0n) is 7.87. The van der Waals surface area contributed by atoms with E-state index in [1.54, 1.807) is 0 Å². The average Bonchev–Trinajstić information content (AvgIpc) is 2.60. The zero-order chi connectivity index (χ0) is 9.26. The third kappa shape index (κ3) is 1.46. The summed E-state index contributed by atoms with van der Waals surface area (Å²) in [6.07, 6.45) is 4.26. The van der Waals surface area contributed by atoms with Crippen molar-refractivity contribution in [3.8, 4) is 0 Å². The van der Waals surface area contributed by atoms with Crippen LogP contribution < -0.4 is 0 Å². The maximum absolute atomic E-state index is 3.29. The van der Waals surface area contributed by atoms with Gasteiger partial charge in [0.2, 0.25) is 0 Å². The number of H-pyrrole nitrogens is 1. The second-order valence-corrected chi connectivity index (χ2v) is 4.35. The van der Waals surface area contributed by atoms with Crippen molar-refractivity contribution in [3.05, 3.63) is 36.0 Å². The maximum Gasteiger partial charge on any atom is 0.0457 e. The van der Waals surface area contributed by atoms with Gasteiger partial charge in [-0.25, -0.2) is 0 Å². The van der Waals surface area contributed by atoms with Gasteiger partial charge in [-0.15, -0.1) is 0 Å². The first kappa shape index (κ1) is 8.70. The van der Waals surface area contributed by atoms with Gasteiger partial charge in [0.25, 0.3) is 0 Å². The van der Waals surface area contributed by atoms with Gasteiger partial charge in [0, 0.05) is 22.3 Å². The molecule has 0 saturated carbocycles. The molecule has 0 aliphatic rings. The lowest BCUT2D eigenvalue weighted by Crippen LogP contribution is -1.83. The molecule has 2 heteroatoms. The number of thioether (sulfide) groups is 1. The molecular weight excluding hydrogens is 178 g/mol. The van der Waals surface area contributed by atoms with Gasteiger partial charge in [0.05, 0.1) is 0 Å². The maximum atomic E-state index is 3.29. The van der Waals surface area contributed by atoms with Gasteiger partial charge in [-0.3, -0.25) is 0 Å². The van der Waals surface area contributed by atoms with Crippen molar-refractivity contribution in [2.24, 2.45) is 0 Å². The summed E-state index contributed by atoms with van der Waals surface area (Å²) < 4.78 is 0. The largest absolute Gasteiger partial charge is 0.361 e. The first-order valence-corrected chi connectivity index (χ1v) is 5.70.